The Labute approximate surface area is 123 Å². The fourth-order valence-electron chi connectivity index (χ4n) is 2.97. The molecular weight excluding hydrogens is 307 g/mol. The minimum atomic E-state index is -0.155. The predicted octanol–water partition coefficient (Wildman–Crippen LogP) is 3.85. The van der Waals surface area contributed by atoms with Crippen LogP contribution in [0, 0.1) is 5.82 Å². The second kappa shape index (κ2) is 6.82. The van der Waals surface area contributed by atoms with Crippen LogP contribution in [0.1, 0.15) is 44.2 Å². The van der Waals surface area contributed by atoms with Gasteiger partial charge in [0.1, 0.15) is 5.82 Å². The highest BCUT2D eigenvalue weighted by Crippen LogP contribution is 2.32. The summed E-state index contributed by atoms with van der Waals surface area (Å²) in [5.74, 6) is -0.155. The van der Waals surface area contributed by atoms with E-state index < -0.39 is 0 Å². The summed E-state index contributed by atoms with van der Waals surface area (Å²) >= 11 is 3.31. The molecule has 1 heterocycles. The van der Waals surface area contributed by atoms with Gasteiger partial charge in [-0.3, -0.25) is 4.90 Å². The van der Waals surface area contributed by atoms with E-state index in [9.17, 15) is 4.39 Å². The van der Waals surface area contributed by atoms with Gasteiger partial charge in [0, 0.05) is 16.1 Å². The lowest BCUT2D eigenvalue weighted by Crippen LogP contribution is -2.40. The van der Waals surface area contributed by atoms with Crippen LogP contribution in [0.4, 0.5) is 4.39 Å². The van der Waals surface area contributed by atoms with Crippen molar-refractivity contribution in [2.24, 2.45) is 5.73 Å². The Morgan fingerprint density at radius 3 is 2.89 bits per heavy atom. The van der Waals surface area contributed by atoms with Gasteiger partial charge in [-0.1, -0.05) is 35.3 Å². The second-order valence-corrected chi connectivity index (χ2v) is 6.22. The molecule has 1 aromatic carbocycles. The lowest BCUT2D eigenvalue weighted by atomic mass is 9.95. The predicted molar refractivity (Wildman–Crippen MR) is 80.5 cm³/mol. The van der Waals surface area contributed by atoms with Gasteiger partial charge in [-0.2, -0.15) is 0 Å². The Morgan fingerprint density at radius 1 is 1.42 bits per heavy atom. The highest BCUT2D eigenvalue weighted by Gasteiger charge is 2.30. The first-order valence-corrected chi connectivity index (χ1v) is 7.87. The van der Waals surface area contributed by atoms with Crippen molar-refractivity contribution in [2.75, 3.05) is 13.1 Å². The number of halogens is 2. The number of benzene rings is 1. The van der Waals surface area contributed by atoms with Crippen LogP contribution in [-0.4, -0.2) is 24.0 Å². The molecule has 2 nitrogen and oxygen atoms in total. The number of likely N-dealkylation sites (tertiary alicyclic amines) is 1. The molecular formula is C15H22BrFN2. The van der Waals surface area contributed by atoms with E-state index >= 15 is 0 Å². The molecule has 1 fully saturated rings. The van der Waals surface area contributed by atoms with E-state index in [0.717, 1.165) is 48.8 Å². The Hall–Kier alpha value is -0.450. The van der Waals surface area contributed by atoms with Gasteiger partial charge in [0.05, 0.1) is 6.04 Å². The maximum absolute atomic E-state index is 14.2. The Morgan fingerprint density at radius 2 is 2.21 bits per heavy atom. The lowest BCUT2D eigenvalue weighted by molar-refractivity contribution is 0.182. The molecule has 0 saturated carbocycles. The molecule has 0 radical (unpaired) electrons. The number of hydrogen-bond donors (Lipinski definition) is 1. The van der Waals surface area contributed by atoms with Crippen molar-refractivity contribution in [3.63, 3.8) is 0 Å². The van der Waals surface area contributed by atoms with Crippen molar-refractivity contribution in [2.45, 2.75) is 44.7 Å². The van der Waals surface area contributed by atoms with Gasteiger partial charge in [0.2, 0.25) is 0 Å². The van der Waals surface area contributed by atoms with Crippen molar-refractivity contribution in [3.8, 4) is 0 Å². The third-order valence-electron chi connectivity index (χ3n) is 3.82. The SMILES string of the molecule is CCCN1CCCCC(N)C1c1ccc(Br)cc1F. The van der Waals surface area contributed by atoms with Crippen LogP contribution in [0.2, 0.25) is 0 Å². The zero-order chi connectivity index (χ0) is 13.8. The van der Waals surface area contributed by atoms with Crippen LogP contribution in [0.5, 0.6) is 0 Å². The van der Waals surface area contributed by atoms with Gasteiger partial charge in [0.15, 0.2) is 0 Å². The van der Waals surface area contributed by atoms with Crippen LogP contribution < -0.4 is 5.73 Å². The van der Waals surface area contributed by atoms with Crippen LogP contribution in [0.15, 0.2) is 22.7 Å². The highest BCUT2D eigenvalue weighted by atomic mass is 79.9. The van der Waals surface area contributed by atoms with Crippen molar-refractivity contribution in [3.05, 3.63) is 34.1 Å². The van der Waals surface area contributed by atoms with Crippen LogP contribution in [-0.2, 0) is 0 Å². The van der Waals surface area contributed by atoms with Crippen molar-refractivity contribution in [1.82, 2.24) is 4.90 Å². The summed E-state index contributed by atoms with van der Waals surface area (Å²) in [7, 11) is 0. The molecule has 1 aliphatic rings. The quantitative estimate of drug-likeness (QED) is 0.913. The minimum Gasteiger partial charge on any atom is -0.326 e. The molecule has 0 bridgehead atoms. The first kappa shape index (κ1) is 14.9. The van der Waals surface area contributed by atoms with E-state index in [1.165, 1.54) is 6.07 Å². The van der Waals surface area contributed by atoms with Gasteiger partial charge < -0.3 is 5.73 Å². The summed E-state index contributed by atoms with van der Waals surface area (Å²) in [5.41, 5.74) is 7.06. The van der Waals surface area contributed by atoms with Gasteiger partial charge in [0.25, 0.3) is 0 Å². The zero-order valence-corrected chi connectivity index (χ0v) is 13.0. The number of rotatable bonds is 3. The van der Waals surface area contributed by atoms with Crippen molar-refractivity contribution < 1.29 is 4.39 Å². The maximum atomic E-state index is 14.2. The molecule has 2 N–H and O–H groups in total. The Bertz CT molecular complexity index is 425. The summed E-state index contributed by atoms with van der Waals surface area (Å²) < 4.78 is 15.0. The largest absolute Gasteiger partial charge is 0.326 e. The summed E-state index contributed by atoms with van der Waals surface area (Å²) in [6, 6.07) is 5.34. The number of nitrogens with two attached hydrogens (primary N) is 1. The normalized spacial score (nSPS) is 25.3. The van der Waals surface area contributed by atoms with Crippen molar-refractivity contribution in [1.29, 1.82) is 0 Å². The minimum absolute atomic E-state index is 0.00977. The van der Waals surface area contributed by atoms with Gasteiger partial charge in [-0.25, -0.2) is 4.39 Å². The van der Waals surface area contributed by atoms with E-state index in [1.54, 1.807) is 0 Å². The molecule has 1 saturated heterocycles. The number of hydrogen-bond acceptors (Lipinski definition) is 2. The zero-order valence-electron chi connectivity index (χ0n) is 11.4. The Balaban J connectivity index is 2.34. The topological polar surface area (TPSA) is 29.3 Å². The fraction of sp³-hybridized carbons (Fsp3) is 0.600. The monoisotopic (exact) mass is 328 g/mol. The van der Waals surface area contributed by atoms with Crippen LogP contribution in [0.3, 0.4) is 0 Å². The first-order chi connectivity index (χ1) is 9.13. The van der Waals surface area contributed by atoms with Gasteiger partial charge in [-0.05, 0) is 44.5 Å². The van der Waals surface area contributed by atoms with E-state index in [-0.39, 0.29) is 17.9 Å². The Kier molecular flexibility index (Phi) is 5.37. The van der Waals surface area contributed by atoms with Crippen LogP contribution >= 0.6 is 15.9 Å². The molecule has 106 valence electrons. The average molecular weight is 329 g/mol. The fourth-order valence-corrected chi connectivity index (χ4v) is 3.30. The molecule has 0 amide bonds. The first-order valence-electron chi connectivity index (χ1n) is 7.08. The second-order valence-electron chi connectivity index (χ2n) is 5.31. The van der Waals surface area contributed by atoms with E-state index in [4.69, 9.17) is 5.73 Å². The maximum Gasteiger partial charge on any atom is 0.129 e. The molecule has 1 aliphatic heterocycles. The highest BCUT2D eigenvalue weighted by molar-refractivity contribution is 9.10. The summed E-state index contributed by atoms with van der Waals surface area (Å²) in [5, 5.41) is 0. The molecule has 2 unspecified atom stereocenters. The summed E-state index contributed by atoms with van der Waals surface area (Å²) in [6.07, 6.45) is 4.33. The molecule has 2 atom stereocenters. The third-order valence-corrected chi connectivity index (χ3v) is 4.32. The van der Waals surface area contributed by atoms with E-state index in [0.29, 0.717) is 0 Å². The summed E-state index contributed by atoms with van der Waals surface area (Å²) in [6.45, 7) is 4.15. The van der Waals surface area contributed by atoms with Crippen molar-refractivity contribution >= 4 is 15.9 Å². The van der Waals surface area contributed by atoms with E-state index in [2.05, 4.69) is 27.8 Å². The van der Waals surface area contributed by atoms with E-state index in [1.807, 2.05) is 12.1 Å². The molecule has 1 aromatic rings. The standard InChI is InChI=1S/C15H22BrFN2/c1-2-8-19-9-4-3-5-14(18)15(19)12-7-6-11(16)10-13(12)17/h6-7,10,14-15H,2-5,8-9,18H2,1H3. The van der Waals surface area contributed by atoms with Crippen LogP contribution in [0.25, 0.3) is 0 Å². The molecule has 0 spiro atoms. The molecule has 2 rings (SSSR count). The lowest BCUT2D eigenvalue weighted by Gasteiger charge is -2.33. The molecule has 0 aromatic heterocycles. The molecule has 4 heteroatoms. The molecule has 0 aliphatic carbocycles. The third kappa shape index (κ3) is 3.56. The summed E-state index contributed by atoms with van der Waals surface area (Å²) in [4.78, 5) is 2.35. The average Bonchev–Trinajstić information content (AvgIpc) is 2.53. The number of nitrogens with zero attached hydrogens (tertiary/aromatic N) is 1. The molecule has 19 heavy (non-hydrogen) atoms. The van der Waals surface area contributed by atoms with Gasteiger partial charge >= 0.3 is 0 Å². The smallest absolute Gasteiger partial charge is 0.129 e. The van der Waals surface area contributed by atoms with Gasteiger partial charge in [-0.15, -0.1) is 0 Å².